The number of ether oxygens (including phenoxy) is 3. The predicted octanol–water partition coefficient (Wildman–Crippen LogP) is 17.6. The van der Waals surface area contributed by atoms with Crippen LogP contribution in [0.4, 0.5) is 0 Å². The summed E-state index contributed by atoms with van der Waals surface area (Å²) in [6.07, 6.45) is 63.5. The molecule has 1 atom stereocenters. The Kier molecular flexibility index (Phi) is 49.4. The van der Waals surface area contributed by atoms with Gasteiger partial charge in [0.05, 0.1) is 0 Å². The molecule has 0 bridgehead atoms. The summed E-state index contributed by atoms with van der Waals surface area (Å²) >= 11 is 0. The van der Waals surface area contributed by atoms with Gasteiger partial charge in [0.15, 0.2) is 6.10 Å². The Hall–Kier alpha value is -2.89. The molecule has 63 heavy (non-hydrogen) atoms. The van der Waals surface area contributed by atoms with E-state index in [4.69, 9.17) is 14.2 Å². The molecule has 0 saturated carbocycles. The van der Waals surface area contributed by atoms with Gasteiger partial charge in [0.25, 0.3) is 0 Å². The normalized spacial score (nSPS) is 12.5. The second-order valence-electron chi connectivity index (χ2n) is 17.8. The first-order valence-electron chi connectivity index (χ1n) is 26.8. The molecule has 0 aromatic heterocycles. The summed E-state index contributed by atoms with van der Waals surface area (Å²) < 4.78 is 16.8. The second kappa shape index (κ2) is 51.7. The van der Waals surface area contributed by atoms with Gasteiger partial charge in [0, 0.05) is 19.3 Å². The number of unbranched alkanes of at least 4 members (excludes halogenated alkanes) is 27. The van der Waals surface area contributed by atoms with Crippen molar-refractivity contribution in [3.05, 3.63) is 60.8 Å². The van der Waals surface area contributed by atoms with Crippen LogP contribution in [0.15, 0.2) is 60.8 Å². The first-order chi connectivity index (χ1) is 31.0. The number of esters is 3. The van der Waals surface area contributed by atoms with Crippen molar-refractivity contribution >= 4 is 17.9 Å². The highest BCUT2D eigenvalue weighted by Crippen LogP contribution is 2.15. The Morgan fingerprint density at radius 1 is 0.333 bits per heavy atom. The van der Waals surface area contributed by atoms with E-state index in [1.54, 1.807) is 0 Å². The lowest BCUT2D eigenvalue weighted by molar-refractivity contribution is -0.167. The third kappa shape index (κ3) is 50.0. The van der Waals surface area contributed by atoms with Crippen molar-refractivity contribution in [1.82, 2.24) is 0 Å². The highest BCUT2D eigenvalue weighted by atomic mass is 16.6. The molecule has 6 heteroatoms. The topological polar surface area (TPSA) is 78.9 Å². The van der Waals surface area contributed by atoms with E-state index in [0.29, 0.717) is 19.3 Å². The quantitative estimate of drug-likeness (QED) is 0.0262. The minimum absolute atomic E-state index is 0.0913. The van der Waals surface area contributed by atoms with Crippen LogP contribution in [0.1, 0.15) is 265 Å². The molecule has 0 fully saturated rings. The van der Waals surface area contributed by atoms with Crippen molar-refractivity contribution in [2.45, 2.75) is 271 Å². The molecule has 0 aromatic carbocycles. The number of allylic oxidation sites excluding steroid dienone is 10. The molecule has 0 heterocycles. The van der Waals surface area contributed by atoms with Gasteiger partial charge in [0.1, 0.15) is 13.2 Å². The van der Waals surface area contributed by atoms with Gasteiger partial charge in [-0.2, -0.15) is 0 Å². The van der Waals surface area contributed by atoms with E-state index in [1.807, 2.05) is 0 Å². The maximum Gasteiger partial charge on any atom is 0.306 e. The summed E-state index contributed by atoms with van der Waals surface area (Å²) in [5.41, 5.74) is 0. The smallest absolute Gasteiger partial charge is 0.306 e. The van der Waals surface area contributed by atoms with Gasteiger partial charge >= 0.3 is 17.9 Å². The molecule has 0 aromatic rings. The van der Waals surface area contributed by atoms with Crippen molar-refractivity contribution in [3.63, 3.8) is 0 Å². The fourth-order valence-electron chi connectivity index (χ4n) is 7.49. The van der Waals surface area contributed by atoms with Crippen molar-refractivity contribution in [3.8, 4) is 0 Å². The zero-order valence-electron chi connectivity index (χ0n) is 41.6. The third-order valence-electron chi connectivity index (χ3n) is 11.5. The molecule has 0 aliphatic rings. The van der Waals surface area contributed by atoms with Gasteiger partial charge in [-0.15, -0.1) is 0 Å². The van der Waals surface area contributed by atoms with Gasteiger partial charge < -0.3 is 14.2 Å². The average molecular weight is 881 g/mol. The molecule has 0 radical (unpaired) electrons. The molecular weight excluding hydrogens is 781 g/mol. The van der Waals surface area contributed by atoms with Crippen molar-refractivity contribution < 1.29 is 28.6 Å². The lowest BCUT2D eigenvalue weighted by Crippen LogP contribution is -2.30. The largest absolute Gasteiger partial charge is 0.462 e. The van der Waals surface area contributed by atoms with Crippen LogP contribution in [0.2, 0.25) is 0 Å². The monoisotopic (exact) mass is 881 g/mol. The molecule has 0 rings (SSSR count). The van der Waals surface area contributed by atoms with Crippen LogP contribution in [0.25, 0.3) is 0 Å². The number of rotatable bonds is 48. The number of hydrogen-bond acceptors (Lipinski definition) is 6. The molecule has 0 spiro atoms. The van der Waals surface area contributed by atoms with Crippen molar-refractivity contribution in [2.24, 2.45) is 0 Å². The zero-order chi connectivity index (χ0) is 45.8. The van der Waals surface area contributed by atoms with Crippen LogP contribution in [-0.4, -0.2) is 37.2 Å². The van der Waals surface area contributed by atoms with Crippen LogP contribution < -0.4 is 0 Å². The number of hydrogen-bond donors (Lipinski definition) is 0. The highest BCUT2D eigenvalue weighted by molar-refractivity contribution is 5.71. The maximum atomic E-state index is 12.8. The van der Waals surface area contributed by atoms with Crippen LogP contribution in [-0.2, 0) is 28.6 Å². The van der Waals surface area contributed by atoms with Crippen LogP contribution >= 0.6 is 0 Å². The molecular formula is C57H100O6. The summed E-state index contributed by atoms with van der Waals surface area (Å²) in [7, 11) is 0. The first-order valence-corrected chi connectivity index (χ1v) is 26.8. The van der Waals surface area contributed by atoms with Gasteiger partial charge in [-0.25, -0.2) is 0 Å². The van der Waals surface area contributed by atoms with Crippen molar-refractivity contribution in [1.29, 1.82) is 0 Å². The third-order valence-corrected chi connectivity index (χ3v) is 11.5. The molecule has 6 nitrogen and oxygen atoms in total. The highest BCUT2D eigenvalue weighted by Gasteiger charge is 2.19. The Labute approximate surface area is 390 Å². The zero-order valence-corrected chi connectivity index (χ0v) is 41.6. The van der Waals surface area contributed by atoms with E-state index in [9.17, 15) is 14.4 Å². The summed E-state index contributed by atoms with van der Waals surface area (Å²) in [5.74, 6) is -0.934. The number of carbonyl (C=O) groups excluding carboxylic acids is 3. The molecule has 0 aliphatic heterocycles. The van der Waals surface area contributed by atoms with Gasteiger partial charge in [0.2, 0.25) is 0 Å². The van der Waals surface area contributed by atoms with Gasteiger partial charge in [-0.1, -0.05) is 223 Å². The van der Waals surface area contributed by atoms with E-state index in [1.165, 1.54) is 135 Å². The minimum atomic E-state index is -0.796. The SMILES string of the molecule is CC/C=C\C/C=C\C/C=C\C/C=C\CCCCC(=O)O[C@H](COC(=O)CCCCCCC/C=C\CCCCCCCC)COC(=O)CCCCCCCCCCCCCCCCC. The maximum absolute atomic E-state index is 12.8. The predicted molar refractivity (Wildman–Crippen MR) is 270 cm³/mol. The minimum Gasteiger partial charge on any atom is -0.462 e. The Morgan fingerprint density at radius 3 is 1.02 bits per heavy atom. The molecule has 0 N–H and O–H groups in total. The second-order valence-corrected chi connectivity index (χ2v) is 17.8. The summed E-state index contributed by atoms with van der Waals surface area (Å²) in [6.45, 7) is 6.49. The van der Waals surface area contributed by atoms with Crippen molar-refractivity contribution in [2.75, 3.05) is 13.2 Å². The molecule has 364 valence electrons. The van der Waals surface area contributed by atoms with E-state index >= 15 is 0 Å². The van der Waals surface area contributed by atoms with E-state index < -0.39 is 6.10 Å². The molecule has 0 amide bonds. The first kappa shape index (κ1) is 60.1. The van der Waals surface area contributed by atoms with Crippen LogP contribution in [0.3, 0.4) is 0 Å². The van der Waals surface area contributed by atoms with E-state index in [0.717, 1.165) is 83.5 Å². The summed E-state index contributed by atoms with van der Waals surface area (Å²) in [6, 6.07) is 0. The van der Waals surface area contributed by atoms with E-state index in [-0.39, 0.29) is 37.5 Å². The van der Waals surface area contributed by atoms with Gasteiger partial charge in [-0.05, 0) is 83.5 Å². The van der Waals surface area contributed by atoms with Gasteiger partial charge in [-0.3, -0.25) is 14.4 Å². The fourth-order valence-corrected chi connectivity index (χ4v) is 7.49. The molecule has 0 unspecified atom stereocenters. The molecule has 0 saturated heterocycles. The summed E-state index contributed by atoms with van der Waals surface area (Å²) in [4.78, 5) is 38.0. The molecule has 0 aliphatic carbocycles. The average Bonchev–Trinajstić information content (AvgIpc) is 3.28. The van der Waals surface area contributed by atoms with Crippen LogP contribution in [0.5, 0.6) is 0 Å². The van der Waals surface area contributed by atoms with Crippen LogP contribution in [0, 0.1) is 0 Å². The Balaban J connectivity index is 4.44. The Bertz CT molecular complexity index is 1150. The Morgan fingerprint density at radius 2 is 0.619 bits per heavy atom. The summed E-state index contributed by atoms with van der Waals surface area (Å²) in [5, 5.41) is 0. The number of carbonyl (C=O) groups is 3. The fraction of sp³-hybridized carbons (Fsp3) is 0.772. The van der Waals surface area contributed by atoms with E-state index in [2.05, 4.69) is 81.5 Å². The lowest BCUT2D eigenvalue weighted by Gasteiger charge is -2.18. The standard InChI is InChI=1S/C57H100O6/c1-4-7-10-13-16-19-22-25-28-31-34-37-40-43-46-49-55(58)61-52-54(63-57(60)51-48-45-42-39-36-33-30-27-24-21-18-15-12-9-6-3)53-62-56(59)50-47-44-41-38-35-32-29-26-23-20-17-14-11-8-5-2/h9,12,18,21,25,27-28,30,36,39,54H,4-8,10-11,13-17,19-20,22-24,26,29,31-35,37-38,40-53H2,1-3H3/b12-9-,21-18-,28-25-,30-27-,39-36-/t54-/m1/s1. The lowest BCUT2D eigenvalue weighted by atomic mass is 10.0.